The van der Waals surface area contributed by atoms with Crippen LogP contribution in [0, 0.1) is 0 Å². The molecule has 0 saturated carbocycles. The van der Waals surface area contributed by atoms with Crippen LogP contribution in [0.2, 0.25) is 5.02 Å². The second-order valence-electron chi connectivity index (χ2n) is 8.41. The zero-order valence-electron chi connectivity index (χ0n) is 19.1. The third kappa shape index (κ3) is 5.95. The molecule has 2 heterocycles. The normalized spacial score (nSPS) is 16.4. The van der Waals surface area contributed by atoms with Crippen LogP contribution in [0.3, 0.4) is 0 Å². The van der Waals surface area contributed by atoms with Crippen molar-refractivity contribution in [3.05, 3.63) is 51.2 Å². The predicted molar refractivity (Wildman–Crippen MR) is 130 cm³/mol. The fraction of sp³-hybridized carbons (Fsp3) is 0.500. The summed E-state index contributed by atoms with van der Waals surface area (Å²) in [5.41, 5.74) is 1.13. The monoisotopic (exact) mass is 477 g/mol. The Balaban J connectivity index is 1.77. The molecular weight excluding hydrogens is 446 g/mol. The van der Waals surface area contributed by atoms with Crippen LogP contribution in [0.1, 0.15) is 50.6 Å². The van der Waals surface area contributed by atoms with Gasteiger partial charge in [-0.05, 0) is 74.9 Å². The lowest BCUT2D eigenvalue weighted by Gasteiger charge is -2.38. The van der Waals surface area contributed by atoms with Crippen LogP contribution >= 0.6 is 22.9 Å². The number of carbonyl (C=O) groups excluding carboxylic acids is 2. The van der Waals surface area contributed by atoms with Gasteiger partial charge in [-0.3, -0.25) is 4.79 Å². The number of nitrogens with zero attached hydrogens (tertiary/aromatic N) is 2. The minimum Gasteiger partial charge on any atom is -0.491 e. The maximum Gasteiger partial charge on any atom is 0.318 e. The molecule has 2 aromatic rings. The minimum absolute atomic E-state index is 0.00744. The van der Waals surface area contributed by atoms with Gasteiger partial charge in [0.1, 0.15) is 18.9 Å². The fourth-order valence-electron chi connectivity index (χ4n) is 3.80. The van der Waals surface area contributed by atoms with E-state index in [1.165, 1.54) is 4.88 Å². The summed E-state index contributed by atoms with van der Waals surface area (Å²) in [5.74, 6) is 0.646. The molecule has 174 valence electrons. The summed E-state index contributed by atoms with van der Waals surface area (Å²) in [4.78, 5) is 31.0. The van der Waals surface area contributed by atoms with Crippen LogP contribution in [0.25, 0.3) is 0 Å². The number of hydrogen-bond donors (Lipinski definition) is 1. The maximum atomic E-state index is 13.5. The lowest BCUT2D eigenvalue weighted by Crippen LogP contribution is -2.53. The van der Waals surface area contributed by atoms with Crippen molar-refractivity contribution in [2.24, 2.45) is 0 Å². The molecule has 1 aromatic carbocycles. The second-order valence-corrected chi connectivity index (χ2v) is 9.84. The van der Waals surface area contributed by atoms with Gasteiger partial charge in [0.25, 0.3) is 0 Å². The quantitative estimate of drug-likeness (QED) is 0.573. The average molecular weight is 478 g/mol. The summed E-state index contributed by atoms with van der Waals surface area (Å²) in [5, 5.41) is 5.64. The Morgan fingerprint density at radius 2 is 1.97 bits per heavy atom. The first kappa shape index (κ1) is 24.4. The highest BCUT2D eigenvalue weighted by Crippen LogP contribution is 2.34. The molecule has 32 heavy (non-hydrogen) atoms. The molecule has 3 amide bonds. The van der Waals surface area contributed by atoms with Crippen molar-refractivity contribution in [1.29, 1.82) is 0 Å². The van der Waals surface area contributed by atoms with E-state index in [2.05, 4.69) is 16.8 Å². The van der Waals surface area contributed by atoms with Crippen molar-refractivity contribution in [3.8, 4) is 5.75 Å². The molecule has 0 radical (unpaired) electrons. The molecule has 0 aliphatic carbocycles. The van der Waals surface area contributed by atoms with Crippen LogP contribution in [0.15, 0.2) is 35.7 Å². The van der Waals surface area contributed by atoms with Crippen LogP contribution in [-0.2, 0) is 11.2 Å². The van der Waals surface area contributed by atoms with Gasteiger partial charge in [0.05, 0.1) is 6.04 Å². The van der Waals surface area contributed by atoms with E-state index >= 15 is 0 Å². The van der Waals surface area contributed by atoms with Crippen molar-refractivity contribution in [1.82, 2.24) is 15.1 Å². The molecule has 0 spiro atoms. The van der Waals surface area contributed by atoms with Gasteiger partial charge in [0.15, 0.2) is 0 Å². The van der Waals surface area contributed by atoms with E-state index < -0.39 is 0 Å². The van der Waals surface area contributed by atoms with E-state index in [1.807, 2.05) is 44.7 Å². The highest BCUT2D eigenvalue weighted by atomic mass is 35.5. The van der Waals surface area contributed by atoms with Gasteiger partial charge in [0, 0.05) is 28.5 Å². The lowest BCUT2D eigenvalue weighted by molar-refractivity contribution is -0.136. The van der Waals surface area contributed by atoms with Crippen LogP contribution in [0.4, 0.5) is 4.79 Å². The van der Waals surface area contributed by atoms with Gasteiger partial charge < -0.3 is 19.9 Å². The Kier molecular flexibility index (Phi) is 8.43. The number of thiophene rings is 1. The van der Waals surface area contributed by atoms with E-state index in [-0.39, 0.29) is 36.6 Å². The zero-order chi connectivity index (χ0) is 23.3. The Hall–Kier alpha value is -2.25. The largest absolute Gasteiger partial charge is 0.491 e. The van der Waals surface area contributed by atoms with Gasteiger partial charge in [-0.1, -0.05) is 18.5 Å². The molecule has 0 bridgehead atoms. The highest BCUT2D eigenvalue weighted by Gasteiger charge is 2.34. The number of amides is 3. The number of halogens is 1. The number of benzene rings is 1. The molecule has 0 unspecified atom stereocenters. The molecule has 2 atom stereocenters. The minimum atomic E-state index is -0.204. The standard InChI is InChI=1S/C24H32ClN3O3S/c1-5-17(4)28(24(30)26-16(2)3)14-23(29)27-12-10-22-20(11-13-32-22)21(27)15-31-19-8-6-18(25)7-9-19/h6-9,11,13,16-17,21H,5,10,12,14-15H2,1-4H3,(H,26,30)/t17-,21+/m1/s1. The van der Waals surface area contributed by atoms with Crippen LogP contribution in [0.5, 0.6) is 5.75 Å². The third-order valence-corrected chi connectivity index (χ3v) is 6.99. The summed E-state index contributed by atoms with van der Waals surface area (Å²) < 4.78 is 6.04. The number of ether oxygens (including phenoxy) is 1. The number of fused-ring (bicyclic) bond motifs is 1. The van der Waals surface area contributed by atoms with Crippen molar-refractivity contribution in [3.63, 3.8) is 0 Å². The van der Waals surface area contributed by atoms with Crippen molar-refractivity contribution < 1.29 is 14.3 Å². The molecular formula is C24H32ClN3O3S. The highest BCUT2D eigenvalue weighted by molar-refractivity contribution is 7.10. The van der Waals surface area contributed by atoms with E-state index in [0.717, 1.165) is 18.4 Å². The maximum absolute atomic E-state index is 13.5. The molecule has 8 heteroatoms. The van der Waals surface area contributed by atoms with Gasteiger partial charge in [-0.25, -0.2) is 4.79 Å². The second kappa shape index (κ2) is 11.1. The predicted octanol–water partition coefficient (Wildman–Crippen LogP) is 5.12. The molecule has 0 saturated heterocycles. The van der Waals surface area contributed by atoms with Gasteiger partial charge in [-0.2, -0.15) is 0 Å². The first-order chi connectivity index (χ1) is 15.3. The fourth-order valence-corrected chi connectivity index (χ4v) is 4.85. The summed E-state index contributed by atoms with van der Waals surface area (Å²) >= 11 is 7.69. The van der Waals surface area contributed by atoms with Crippen LogP contribution < -0.4 is 10.1 Å². The van der Waals surface area contributed by atoms with Gasteiger partial charge in [-0.15, -0.1) is 11.3 Å². The Morgan fingerprint density at radius 1 is 1.25 bits per heavy atom. The zero-order valence-corrected chi connectivity index (χ0v) is 20.7. The smallest absolute Gasteiger partial charge is 0.318 e. The van der Waals surface area contributed by atoms with E-state index in [9.17, 15) is 9.59 Å². The number of urea groups is 1. The molecule has 1 aliphatic heterocycles. The molecule has 1 aromatic heterocycles. The lowest BCUT2D eigenvalue weighted by atomic mass is 10.00. The van der Waals surface area contributed by atoms with Crippen LogP contribution in [-0.4, -0.2) is 53.5 Å². The summed E-state index contributed by atoms with van der Waals surface area (Å²) in [6.07, 6.45) is 1.59. The van der Waals surface area contributed by atoms with E-state index in [4.69, 9.17) is 16.3 Å². The average Bonchev–Trinajstić information content (AvgIpc) is 3.24. The molecule has 3 rings (SSSR count). The van der Waals surface area contributed by atoms with Crippen molar-refractivity contribution >= 4 is 34.9 Å². The van der Waals surface area contributed by atoms with E-state index in [1.54, 1.807) is 28.4 Å². The van der Waals surface area contributed by atoms with E-state index in [0.29, 0.717) is 23.9 Å². The topological polar surface area (TPSA) is 61.9 Å². The first-order valence-corrected chi connectivity index (χ1v) is 12.4. The number of hydrogen-bond acceptors (Lipinski definition) is 4. The number of rotatable bonds is 8. The van der Waals surface area contributed by atoms with Crippen molar-refractivity contribution in [2.45, 2.75) is 58.7 Å². The third-order valence-electron chi connectivity index (χ3n) is 5.74. The number of carbonyl (C=O) groups is 2. The van der Waals surface area contributed by atoms with Gasteiger partial charge in [0.2, 0.25) is 5.91 Å². The molecule has 0 fully saturated rings. The Labute approximate surface area is 199 Å². The summed E-state index contributed by atoms with van der Waals surface area (Å²) in [6.45, 7) is 8.83. The molecule has 1 N–H and O–H groups in total. The van der Waals surface area contributed by atoms with Crippen molar-refractivity contribution in [2.75, 3.05) is 19.7 Å². The molecule has 1 aliphatic rings. The molecule has 6 nitrogen and oxygen atoms in total. The summed E-state index contributed by atoms with van der Waals surface area (Å²) in [6, 6.07) is 8.87. The SMILES string of the molecule is CC[C@@H](C)N(CC(=O)N1CCc2sccc2[C@@H]1COc1ccc(Cl)cc1)C(=O)NC(C)C. The first-order valence-electron chi connectivity index (χ1n) is 11.1. The summed E-state index contributed by atoms with van der Waals surface area (Å²) in [7, 11) is 0. The Morgan fingerprint density at radius 3 is 2.62 bits per heavy atom. The Bertz CT molecular complexity index is 915. The van der Waals surface area contributed by atoms with Gasteiger partial charge >= 0.3 is 6.03 Å². The number of nitrogens with one attached hydrogen (secondary N) is 1.